The topological polar surface area (TPSA) is 539 Å². The standard InChI is InChI=1S/C33H39N2O9P.C18H29N2O7P.2C16H25N2O7P/c1-20(31(39)44-33(41)42-19-25-23-11-7-5-9-21(23)22-10-6-8-12-24(22)25)13-16-34-27(36)14-17-35(32(34)40)30-29(38)28(37)26(43-30)15-18-45(2,3)4;1-11(17(24)25)5-8-19-13(21)6-9-20(18(19)26)16-15(23)14(22)12(27-16)7-10-28(2,3)4;2*1-9(19)8-24-11-7-18(16(23)17-14(11)22)15-13(21)12(20)10(25-15)5-6-26(2,3)4/h5-12,14,17,20,25-26,28-30,37-38H,2,13,15-16,18-19H2,1,3-4H3;6,9,11-12,14-16,22-23H,2,5,7-8,10H2,1,3-4H3,(H,24,25);2*7,10,12-13,15,20-21H,2,5-6,8H2,1,3-4H3,(H,17,22,23)/t20?,26-,28-,29-,30-;11?,12-,14-,15-,16-;2*10-,12-,13-,15-/m1111/s1. The number of aromatic nitrogens is 8. The van der Waals surface area contributed by atoms with Crippen LogP contribution in [0, 0.1) is 11.8 Å². The van der Waals surface area contributed by atoms with Gasteiger partial charge in [-0.05, 0) is 153 Å². The number of aliphatic carboxylic acids is 1. The number of Topliss-reactive ketones (excluding diaryl/α,β-unsaturated/α-hetero) is 2. The summed E-state index contributed by atoms with van der Waals surface area (Å²) in [7, 11) is 0. The predicted molar refractivity (Wildman–Crippen MR) is 476 cm³/mol. The molecular weight excluding hydrogens is 1710 g/mol. The van der Waals surface area contributed by atoms with Crippen molar-refractivity contribution in [1.29, 1.82) is 0 Å². The van der Waals surface area contributed by atoms with Gasteiger partial charge in [0, 0.05) is 43.5 Å². The number of carboxylic acid groups (broad SMARTS) is 1. The van der Waals surface area contributed by atoms with Gasteiger partial charge in [0.15, 0.2) is 36.5 Å². The molecule has 0 spiro atoms. The second-order valence-corrected chi connectivity index (χ2v) is 52.0. The Hall–Kier alpha value is -8.77. The van der Waals surface area contributed by atoms with Crippen molar-refractivity contribution in [2.45, 2.75) is 183 Å². The van der Waals surface area contributed by atoms with E-state index in [0.29, 0.717) is 25.7 Å². The molecule has 0 bridgehead atoms. The number of nitrogens with one attached hydrogen (secondary N) is 2. The van der Waals surface area contributed by atoms with Crippen molar-refractivity contribution in [3.8, 4) is 22.6 Å². The summed E-state index contributed by atoms with van der Waals surface area (Å²) in [6.07, 6.45) is 7.57. The van der Waals surface area contributed by atoms with Crippen LogP contribution in [0.15, 0.2) is 124 Å². The third-order valence-electron chi connectivity index (χ3n) is 21.4. The van der Waals surface area contributed by atoms with Crippen molar-refractivity contribution in [3.05, 3.63) is 180 Å². The van der Waals surface area contributed by atoms with Gasteiger partial charge in [-0.25, -0.2) is 24.0 Å². The molecule has 0 amide bonds. The molecule has 690 valence electrons. The quantitative estimate of drug-likeness (QED) is 0.0162. The highest BCUT2D eigenvalue weighted by Gasteiger charge is 2.48. The van der Waals surface area contributed by atoms with Gasteiger partial charge in [0.25, 0.3) is 22.2 Å². The number of benzene rings is 2. The van der Waals surface area contributed by atoms with Crippen LogP contribution in [-0.2, 0) is 60.7 Å². The number of esters is 1. The summed E-state index contributed by atoms with van der Waals surface area (Å²) in [5, 5.41) is 91.9. The van der Waals surface area contributed by atoms with Crippen LogP contribution in [0.3, 0.4) is 0 Å². The molecule has 2 aromatic carbocycles. The third-order valence-corrected chi connectivity index (χ3v) is 27.2. The number of nitrogens with zero attached hydrogens (tertiary/aromatic N) is 6. The van der Waals surface area contributed by atoms with Crippen LogP contribution in [0.4, 0.5) is 4.79 Å². The van der Waals surface area contributed by atoms with Gasteiger partial charge in [-0.1, -0.05) is 62.4 Å². The minimum Gasteiger partial charge on any atom is -0.481 e. The lowest BCUT2D eigenvalue weighted by Gasteiger charge is -2.20. The zero-order valence-electron chi connectivity index (χ0n) is 72.1. The Labute approximate surface area is 719 Å². The van der Waals surface area contributed by atoms with Crippen LogP contribution in [0.25, 0.3) is 11.1 Å². The first kappa shape index (κ1) is 102. The van der Waals surface area contributed by atoms with Crippen molar-refractivity contribution >= 4 is 82.4 Å². The van der Waals surface area contributed by atoms with Crippen LogP contribution in [0.2, 0.25) is 0 Å². The Morgan fingerprint density at radius 1 is 0.456 bits per heavy atom. The molecular formula is C83H118N8O30P4. The SMILES string of the molecule is C=P(C)(C)CC[C@H]1O[C@@H](n2cc(OCC(C)=O)c(=O)[nH]c2=O)[C@H](O)[C@@H]1O.C=P(C)(C)CC[C@H]1O[C@@H](n2cc(OCC(C)=O)c(=O)[nH]c2=O)[C@H](O)[C@@H]1O.C=P(C)(C)CC[C@H]1O[C@@H](n2ccc(=O)n(CCC(C)C(=O)O)c2=O)[C@H](O)[C@@H]1O.C=P(C)(C)CC[C@H]1O[C@@H](n2ccc(=O)n(CCC(C)C(=O)OC(=O)OCC3c4ccccc4-c4ccccc43)c2=O)[C@H](O)[C@@H]1O. The number of ketones is 2. The molecule has 4 saturated heterocycles. The van der Waals surface area contributed by atoms with Gasteiger partial charge in [0.2, 0.25) is 11.5 Å². The fraction of sp³-hybridized carbons (Fsp3) is 0.554. The molecule has 1 aliphatic carbocycles. The number of aliphatic hydroxyl groups excluding tert-OH is 8. The Morgan fingerprint density at radius 2 is 0.768 bits per heavy atom. The van der Waals surface area contributed by atoms with E-state index in [9.17, 15) is 103 Å². The van der Waals surface area contributed by atoms with Crippen LogP contribution in [0.5, 0.6) is 11.5 Å². The van der Waals surface area contributed by atoms with Crippen molar-refractivity contribution in [1.82, 2.24) is 37.4 Å². The largest absolute Gasteiger partial charge is 0.516 e. The number of aromatic amines is 2. The van der Waals surface area contributed by atoms with Crippen LogP contribution < -0.4 is 54.5 Å². The molecule has 4 aliphatic heterocycles. The number of H-pyrrole nitrogens is 2. The molecule has 42 heteroatoms. The minimum atomic E-state index is -1.40. The van der Waals surface area contributed by atoms with Crippen LogP contribution >= 0.6 is 27.5 Å². The lowest BCUT2D eigenvalue weighted by Crippen LogP contribution is -2.43. The molecule has 2 unspecified atom stereocenters. The normalized spacial score (nSPS) is 24.5. The van der Waals surface area contributed by atoms with Crippen molar-refractivity contribution in [2.24, 2.45) is 11.8 Å². The van der Waals surface area contributed by atoms with E-state index in [1.54, 1.807) is 0 Å². The second kappa shape index (κ2) is 43.4. The fourth-order valence-electron chi connectivity index (χ4n) is 14.1. The fourth-order valence-corrected chi connectivity index (χ4v) is 17.9. The summed E-state index contributed by atoms with van der Waals surface area (Å²) >= 11 is 0. The van der Waals surface area contributed by atoms with E-state index in [-0.39, 0.29) is 74.7 Å². The van der Waals surface area contributed by atoms with E-state index >= 15 is 0 Å². The maximum Gasteiger partial charge on any atom is 0.516 e. The lowest BCUT2D eigenvalue weighted by molar-refractivity contribution is -0.144. The van der Waals surface area contributed by atoms with E-state index < -0.39 is 201 Å². The van der Waals surface area contributed by atoms with E-state index in [1.165, 1.54) is 40.1 Å². The van der Waals surface area contributed by atoms with Gasteiger partial charge >= 0.3 is 40.9 Å². The van der Waals surface area contributed by atoms with E-state index in [2.05, 4.69) is 61.8 Å². The molecule has 8 heterocycles. The highest BCUT2D eigenvalue weighted by molar-refractivity contribution is 7.73. The Morgan fingerprint density at radius 3 is 1.08 bits per heavy atom. The average Bonchev–Trinajstić information content (AvgIpc) is 1.62. The first-order chi connectivity index (χ1) is 58.3. The van der Waals surface area contributed by atoms with Crippen LogP contribution in [-0.4, -0.2) is 309 Å². The zero-order valence-corrected chi connectivity index (χ0v) is 75.6. The smallest absolute Gasteiger partial charge is 0.481 e. The number of carboxylic acids is 1. The summed E-state index contributed by atoms with van der Waals surface area (Å²) < 4.78 is 49.3. The number of fused-ring (bicyclic) bond motifs is 3. The Bertz CT molecular complexity index is 5390. The third kappa shape index (κ3) is 27.4. The molecule has 11 N–H and O–H groups in total. The summed E-state index contributed by atoms with van der Waals surface area (Å²) in [5.74, 6) is -4.72. The summed E-state index contributed by atoms with van der Waals surface area (Å²) in [5.41, 5.74) is -1.68. The van der Waals surface area contributed by atoms with E-state index in [4.69, 9.17) is 43.0 Å². The first-order valence-corrected chi connectivity index (χ1v) is 52.6. The van der Waals surface area contributed by atoms with Crippen LogP contribution in [0.1, 0.15) is 108 Å². The maximum absolute atomic E-state index is 13.3. The summed E-state index contributed by atoms with van der Waals surface area (Å²) in [6.45, 7) is 15.7. The highest BCUT2D eigenvalue weighted by Crippen LogP contribution is 2.46. The molecule has 6 aromatic rings. The number of carbonyl (C=O) groups excluding carboxylic acids is 4. The highest BCUT2D eigenvalue weighted by atomic mass is 31.2. The molecule has 4 aromatic heterocycles. The Balaban J connectivity index is 0.000000214. The molecule has 125 heavy (non-hydrogen) atoms. The molecule has 11 rings (SSSR count). The monoisotopic (exact) mass is 1830 g/mol. The number of aliphatic hydroxyl groups is 8. The Kier molecular flexibility index (Phi) is 35.2. The molecule has 38 nitrogen and oxygen atoms in total. The number of hydrogen-bond acceptors (Lipinski definition) is 29. The van der Waals surface area contributed by atoms with Crippen molar-refractivity contribution < 1.29 is 108 Å². The molecule has 18 atom stereocenters. The number of ether oxygens (including phenoxy) is 8. The minimum absolute atomic E-state index is 0.00718. The first-order valence-electron chi connectivity index (χ1n) is 40.4. The zero-order chi connectivity index (χ0) is 93.0. The molecule has 4 fully saturated rings. The van der Waals surface area contributed by atoms with Gasteiger partial charge in [0.1, 0.15) is 68.7 Å². The van der Waals surface area contributed by atoms with Gasteiger partial charge < -0.3 is 83.9 Å². The molecule has 0 saturated carbocycles. The van der Waals surface area contributed by atoms with Gasteiger partial charge in [-0.15, -0.1) is 52.7 Å². The summed E-state index contributed by atoms with van der Waals surface area (Å²) in [6, 6.07) is 18.0. The van der Waals surface area contributed by atoms with Gasteiger partial charge in [-0.2, -0.15) is 0 Å². The van der Waals surface area contributed by atoms with Gasteiger partial charge in [0.05, 0.1) is 48.6 Å². The molecule has 5 aliphatic rings. The maximum atomic E-state index is 13.3. The van der Waals surface area contributed by atoms with Gasteiger partial charge in [-0.3, -0.25) is 75.7 Å². The van der Waals surface area contributed by atoms with E-state index in [0.717, 1.165) is 98.8 Å². The van der Waals surface area contributed by atoms with Crippen molar-refractivity contribution in [3.63, 3.8) is 0 Å². The average molecular weight is 1830 g/mol. The predicted octanol–water partition coefficient (Wildman–Crippen LogP) is 1.53. The number of carbonyl (C=O) groups is 5. The summed E-state index contributed by atoms with van der Waals surface area (Å²) in [4.78, 5) is 161. The lowest BCUT2D eigenvalue weighted by atomic mass is 9.98. The van der Waals surface area contributed by atoms with Crippen molar-refractivity contribution in [2.75, 3.05) is 97.8 Å². The number of hydrogen-bond donors (Lipinski definition) is 11. The molecule has 0 radical (unpaired) electrons. The van der Waals surface area contributed by atoms with E-state index in [1.807, 2.05) is 75.2 Å². The second-order valence-electron chi connectivity index (χ2n) is 34.7. The number of rotatable bonds is 32.